The van der Waals surface area contributed by atoms with Gasteiger partial charge in [-0.05, 0) is 0 Å². The van der Waals surface area contributed by atoms with Gasteiger partial charge in [0.2, 0.25) is 0 Å². The van der Waals surface area contributed by atoms with Crippen molar-refractivity contribution in [3.8, 4) is 0 Å². The van der Waals surface area contributed by atoms with Gasteiger partial charge in [-0.2, -0.15) is 0 Å². The van der Waals surface area contributed by atoms with Crippen LogP contribution in [0.15, 0.2) is 0 Å². The Morgan fingerprint density at radius 1 is 0.600 bits per heavy atom. The van der Waals surface area contributed by atoms with E-state index in [0.29, 0.717) is 0 Å². The van der Waals surface area contributed by atoms with Gasteiger partial charge in [-0.1, -0.05) is 0 Å². The minimum atomic E-state index is -0.417. The zero-order valence-electron chi connectivity index (χ0n) is 4.60. The van der Waals surface area contributed by atoms with E-state index in [9.17, 15) is 0 Å². The molecule has 0 aromatic heterocycles. The van der Waals surface area contributed by atoms with Crippen LogP contribution >= 0.6 is 0 Å². The van der Waals surface area contributed by atoms with E-state index in [0.717, 1.165) is 0 Å². The number of hydrogen-bond donors (Lipinski definition) is 0. The van der Waals surface area contributed by atoms with Crippen molar-refractivity contribution < 1.29 is 57.7 Å². The Balaban J connectivity index is -0.00000000571. The fourth-order valence-electron chi connectivity index (χ4n) is 0. The largest absolute Gasteiger partial charge is 2.00 e. The van der Waals surface area contributed by atoms with Crippen LogP contribution in [0.25, 0.3) is 0 Å². The van der Waals surface area contributed by atoms with Gasteiger partial charge in [-0.15, -0.1) is 0 Å². The molecule has 0 spiro atoms. The fraction of sp³-hybridized carbons (Fsp3) is 0. The number of hydrogen-bond acceptors (Lipinski definition) is 4. The van der Waals surface area contributed by atoms with Gasteiger partial charge in [0.15, 0.2) is 0 Å². The van der Waals surface area contributed by atoms with Crippen LogP contribution in [-0.2, 0) is 0 Å². The molecule has 10 heteroatoms. The second-order valence-corrected chi connectivity index (χ2v) is 0.378. The van der Waals surface area contributed by atoms with E-state index in [4.69, 9.17) is 18.6 Å². The molecule has 0 unspecified atom stereocenters. The Morgan fingerprint density at radius 3 is 0.600 bits per heavy atom. The third-order valence-corrected chi connectivity index (χ3v) is 0. The summed E-state index contributed by atoms with van der Waals surface area (Å²) in [4.78, 5) is 0. The standard InChI is InChI=1S/2ClO2.Mg.3H2O/c2*2-1-3;;;;/h;;;3*1H2/q2*-1;+2;;;. The zero-order valence-corrected chi connectivity index (χ0v) is 7.52. The van der Waals surface area contributed by atoms with Crippen LogP contribution in [0.5, 0.6) is 0 Å². The van der Waals surface area contributed by atoms with E-state index in [1.165, 1.54) is 0 Å². The molecule has 0 heterocycles. The minimum Gasteiger partial charge on any atom is -0.544 e. The second kappa shape index (κ2) is 88.0. The number of halogens is 2. The van der Waals surface area contributed by atoms with Crippen molar-refractivity contribution in [1.29, 1.82) is 0 Å². The van der Waals surface area contributed by atoms with E-state index in [2.05, 4.69) is 0 Å². The first kappa shape index (κ1) is 43.7. The Labute approximate surface area is 80.9 Å². The monoisotopic (exact) mass is 212 g/mol. The topological polar surface area (TPSA) is 187 Å². The average molecular weight is 213 g/mol. The van der Waals surface area contributed by atoms with E-state index >= 15 is 0 Å². The van der Waals surface area contributed by atoms with Gasteiger partial charge in [0.05, 0.1) is 22.7 Å². The molecule has 0 aliphatic rings. The van der Waals surface area contributed by atoms with E-state index in [1.807, 2.05) is 0 Å². The van der Waals surface area contributed by atoms with Gasteiger partial charge in [0.1, 0.15) is 0 Å². The summed E-state index contributed by atoms with van der Waals surface area (Å²) in [5.74, 6) is 0. The third-order valence-electron chi connectivity index (χ3n) is 0. The molecule has 0 atom stereocenters. The molecule has 6 N–H and O–H groups in total. The Kier molecular flexibility index (Phi) is 384. The molecule has 0 fully saturated rings. The van der Waals surface area contributed by atoms with Crippen molar-refractivity contribution in [2.24, 2.45) is 0 Å². The molecule has 0 aromatic rings. The molecule has 0 aliphatic heterocycles. The first-order valence-corrected chi connectivity index (χ1v) is 1.85. The average Bonchev–Trinajstić information content (AvgIpc) is 1.39. The van der Waals surface area contributed by atoms with Gasteiger partial charge >= 0.3 is 23.1 Å². The summed E-state index contributed by atoms with van der Waals surface area (Å²) < 4.78 is 32.9. The van der Waals surface area contributed by atoms with Crippen molar-refractivity contribution in [3.05, 3.63) is 0 Å². The predicted molar refractivity (Wildman–Crippen MR) is 16.6 cm³/mol. The first-order chi connectivity index (χ1) is 2.83. The molecule has 0 bridgehead atoms. The number of rotatable bonds is 0. The van der Waals surface area contributed by atoms with Crippen molar-refractivity contribution in [2.45, 2.75) is 0 Å². The summed E-state index contributed by atoms with van der Waals surface area (Å²) in [7, 11) is 0. The molecule has 10 heavy (non-hydrogen) atoms. The molecule has 7 nitrogen and oxygen atoms in total. The molecule has 0 rings (SSSR count). The van der Waals surface area contributed by atoms with Crippen LogP contribution in [0, 0.1) is 22.7 Å². The van der Waals surface area contributed by atoms with Crippen LogP contribution < -0.4 is 18.6 Å². The molecule has 0 aromatic carbocycles. The van der Waals surface area contributed by atoms with Crippen molar-refractivity contribution >= 4 is 23.1 Å². The van der Waals surface area contributed by atoms with Crippen LogP contribution in [0.4, 0.5) is 0 Å². The summed E-state index contributed by atoms with van der Waals surface area (Å²) >= 11 is -0.833. The van der Waals surface area contributed by atoms with E-state index in [-0.39, 0.29) is 39.5 Å². The van der Waals surface area contributed by atoms with E-state index in [1.54, 1.807) is 0 Å². The summed E-state index contributed by atoms with van der Waals surface area (Å²) in [6.45, 7) is 0. The Morgan fingerprint density at radius 2 is 0.600 bits per heavy atom. The van der Waals surface area contributed by atoms with Gasteiger partial charge in [-0.25, -0.2) is 0 Å². The normalized spacial score (nSPS) is 3.60. The summed E-state index contributed by atoms with van der Waals surface area (Å²) in [5.41, 5.74) is 0. The molecule has 0 aliphatic carbocycles. The Hall–Kier alpha value is 1.07. The molecule has 0 saturated heterocycles. The SMILES string of the molecule is O.O.O.[Mg+2].[O-][Cl+][O-].[O-][Cl+][O-]. The molecular weight excluding hydrogens is 207 g/mol. The maximum Gasteiger partial charge on any atom is 2.00 e. The van der Waals surface area contributed by atoms with Crippen molar-refractivity contribution in [2.75, 3.05) is 0 Å². The van der Waals surface area contributed by atoms with Gasteiger partial charge in [0, 0.05) is 0 Å². The molecule has 0 amide bonds. The summed E-state index contributed by atoms with van der Waals surface area (Å²) in [6.07, 6.45) is 0. The molecule has 64 valence electrons. The van der Waals surface area contributed by atoms with Gasteiger partial charge in [0.25, 0.3) is 0 Å². The molecular formula is H6Cl2MgO7. The smallest absolute Gasteiger partial charge is 0.544 e. The van der Waals surface area contributed by atoms with Crippen molar-refractivity contribution in [1.82, 2.24) is 0 Å². The minimum absolute atomic E-state index is 0. The molecule has 0 saturated carbocycles. The first-order valence-electron chi connectivity index (χ1n) is 0.617. The van der Waals surface area contributed by atoms with Crippen LogP contribution in [-0.4, -0.2) is 39.5 Å². The second-order valence-electron chi connectivity index (χ2n) is 0.126. The summed E-state index contributed by atoms with van der Waals surface area (Å²) in [5, 5.41) is 0. The van der Waals surface area contributed by atoms with Crippen LogP contribution in [0.2, 0.25) is 0 Å². The quantitative estimate of drug-likeness (QED) is 0.361. The zero-order chi connectivity index (χ0) is 5.41. The Bertz CT molecular complexity index is 13.6. The van der Waals surface area contributed by atoms with E-state index < -0.39 is 22.7 Å². The maximum absolute atomic E-state index is 8.24. The fourth-order valence-corrected chi connectivity index (χ4v) is 0. The maximum atomic E-state index is 8.24. The van der Waals surface area contributed by atoms with Crippen LogP contribution in [0.1, 0.15) is 0 Å². The summed E-state index contributed by atoms with van der Waals surface area (Å²) in [6, 6.07) is 0. The van der Waals surface area contributed by atoms with Gasteiger partial charge < -0.3 is 35.1 Å². The van der Waals surface area contributed by atoms with Crippen molar-refractivity contribution in [3.63, 3.8) is 0 Å². The predicted octanol–water partition coefficient (Wildman–Crippen LogP) is -7.61. The third kappa shape index (κ3) is 519. The molecule has 0 radical (unpaired) electrons. The van der Waals surface area contributed by atoms with Gasteiger partial charge in [-0.3, -0.25) is 0 Å². The van der Waals surface area contributed by atoms with Crippen LogP contribution in [0.3, 0.4) is 0 Å².